The highest BCUT2D eigenvalue weighted by Gasteiger charge is 2.11. The molecule has 0 saturated heterocycles. The van der Waals surface area contributed by atoms with E-state index in [0.717, 1.165) is 10.7 Å². The molecule has 0 saturated carbocycles. The molecule has 0 spiro atoms. The van der Waals surface area contributed by atoms with Crippen LogP contribution in [-0.4, -0.2) is 4.98 Å². The van der Waals surface area contributed by atoms with Gasteiger partial charge in [-0.1, -0.05) is 15.9 Å². The van der Waals surface area contributed by atoms with Crippen molar-refractivity contribution < 1.29 is 8.78 Å². The molecule has 0 aliphatic heterocycles. The number of rotatable bonds is 3. The Balaban J connectivity index is 2.21. The number of anilines is 1. The van der Waals surface area contributed by atoms with Crippen molar-refractivity contribution in [2.75, 3.05) is 5.32 Å². The largest absolute Gasteiger partial charge is 0.377 e. The van der Waals surface area contributed by atoms with E-state index in [-0.39, 0.29) is 11.9 Å². The fourth-order valence-corrected chi connectivity index (χ4v) is 2.04. The molecule has 0 amide bonds. The molecule has 0 aliphatic rings. The van der Waals surface area contributed by atoms with Gasteiger partial charge in [-0.15, -0.1) is 0 Å². The van der Waals surface area contributed by atoms with E-state index in [9.17, 15) is 8.78 Å². The van der Waals surface area contributed by atoms with E-state index < -0.39 is 5.82 Å². The maximum Gasteiger partial charge on any atom is 0.143 e. The molecule has 18 heavy (non-hydrogen) atoms. The summed E-state index contributed by atoms with van der Waals surface area (Å²) in [6.45, 7) is 1.80. The molecule has 2 nitrogen and oxygen atoms in total. The van der Waals surface area contributed by atoms with Crippen molar-refractivity contribution in [1.82, 2.24) is 4.98 Å². The molecule has 1 unspecified atom stereocenters. The van der Waals surface area contributed by atoms with Gasteiger partial charge in [0.05, 0.1) is 24.1 Å². The molecular weight excluding hydrogens is 302 g/mol. The first-order chi connectivity index (χ1) is 8.56. The minimum atomic E-state index is -0.429. The minimum absolute atomic E-state index is 0.286. The van der Waals surface area contributed by atoms with Gasteiger partial charge in [-0.2, -0.15) is 0 Å². The van der Waals surface area contributed by atoms with Crippen molar-refractivity contribution in [2.24, 2.45) is 0 Å². The van der Waals surface area contributed by atoms with E-state index in [2.05, 4.69) is 26.2 Å². The Morgan fingerprint density at radius 1 is 1.22 bits per heavy atom. The lowest BCUT2D eigenvalue weighted by Gasteiger charge is -2.16. The number of nitrogens with zero attached hydrogens (tertiary/aromatic N) is 1. The quantitative estimate of drug-likeness (QED) is 0.914. The Kier molecular flexibility index (Phi) is 3.91. The zero-order valence-electron chi connectivity index (χ0n) is 9.62. The highest BCUT2D eigenvalue weighted by Crippen LogP contribution is 2.24. The predicted molar refractivity (Wildman–Crippen MR) is 70.3 cm³/mol. The van der Waals surface area contributed by atoms with Crippen LogP contribution in [0.25, 0.3) is 0 Å². The third-order valence-corrected chi connectivity index (χ3v) is 3.01. The Bertz CT molecular complexity index is 560. The average Bonchev–Trinajstić information content (AvgIpc) is 2.32. The van der Waals surface area contributed by atoms with Gasteiger partial charge in [0.2, 0.25) is 0 Å². The first kappa shape index (κ1) is 13.0. The van der Waals surface area contributed by atoms with Crippen molar-refractivity contribution >= 4 is 21.6 Å². The van der Waals surface area contributed by atoms with Gasteiger partial charge in [-0.3, -0.25) is 4.98 Å². The summed E-state index contributed by atoms with van der Waals surface area (Å²) in [7, 11) is 0. The van der Waals surface area contributed by atoms with Crippen LogP contribution in [0.1, 0.15) is 18.5 Å². The Hall–Kier alpha value is -1.49. The van der Waals surface area contributed by atoms with Crippen LogP contribution in [0.2, 0.25) is 0 Å². The molecule has 1 aromatic heterocycles. The van der Waals surface area contributed by atoms with Crippen molar-refractivity contribution in [3.63, 3.8) is 0 Å². The molecule has 2 aromatic rings. The van der Waals surface area contributed by atoms with Crippen LogP contribution < -0.4 is 5.32 Å². The highest BCUT2D eigenvalue weighted by molar-refractivity contribution is 9.10. The summed E-state index contributed by atoms with van der Waals surface area (Å²) in [5, 5.41) is 3.00. The third-order valence-electron chi connectivity index (χ3n) is 2.51. The van der Waals surface area contributed by atoms with Crippen LogP contribution in [0.4, 0.5) is 14.5 Å². The van der Waals surface area contributed by atoms with Gasteiger partial charge < -0.3 is 5.32 Å². The van der Waals surface area contributed by atoms with Crippen LogP contribution in [0.15, 0.2) is 41.1 Å². The van der Waals surface area contributed by atoms with E-state index in [1.165, 1.54) is 18.3 Å². The molecule has 0 bridgehead atoms. The average molecular weight is 313 g/mol. The molecule has 0 radical (unpaired) electrons. The molecule has 5 heteroatoms. The van der Waals surface area contributed by atoms with Crippen molar-refractivity contribution in [3.05, 3.63) is 58.3 Å². The van der Waals surface area contributed by atoms with Gasteiger partial charge in [0.25, 0.3) is 0 Å². The number of pyridine rings is 1. The second-order valence-electron chi connectivity index (χ2n) is 3.92. The summed E-state index contributed by atoms with van der Waals surface area (Å²) in [5.74, 6) is -0.732. The number of hydrogen-bond donors (Lipinski definition) is 1. The Labute approximate surface area is 112 Å². The van der Waals surface area contributed by atoms with Gasteiger partial charge in [0.15, 0.2) is 0 Å². The third kappa shape index (κ3) is 3.04. The minimum Gasteiger partial charge on any atom is -0.377 e. The van der Waals surface area contributed by atoms with Crippen molar-refractivity contribution in [3.8, 4) is 0 Å². The second-order valence-corrected chi connectivity index (χ2v) is 4.84. The molecule has 1 aromatic carbocycles. The molecule has 1 heterocycles. The summed E-state index contributed by atoms with van der Waals surface area (Å²) in [6.07, 6.45) is 2.62. The molecule has 2 rings (SSSR count). The van der Waals surface area contributed by atoms with Gasteiger partial charge in [-0.25, -0.2) is 8.78 Å². The van der Waals surface area contributed by atoms with Gasteiger partial charge >= 0.3 is 0 Å². The lowest BCUT2D eigenvalue weighted by molar-refractivity contribution is 0.599. The highest BCUT2D eigenvalue weighted by atomic mass is 79.9. The predicted octanol–water partition coefficient (Wildman–Crippen LogP) is 4.30. The van der Waals surface area contributed by atoms with Gasteiger partial charge in [0, 0.05) is 16.1 Å². The van der Waals surface area contributed by atoms with Crippen LogP contribution in [0.5, 0.6) is 0 Å². The maximum absolute atomic E-state index is 13.7. The zero-order valence-corrected chi connectivity index (χ0v) is 11.2. The second kappa shape index (κ2) is 5.44. The van der Waals surface area contributed by atoms with Crippen molar-refractivity contribution in [2.45, 2.75) is 13.0 Å². The van der Waals surface area contributed by atoms with E-state index in [1.54, 1.807) is 19.1 Å². The van der Waals surface area contributed by atoms with E-state index >= 15 is 0 Å². The smallest absolute Gasteiger partial charge is 0.143 e. The SMILES string of the molecule is CC(Nc1cncc(F)c1)c1cc(Br)ccc1F. The van der Waals surface area contributed by atoms with Gasteiger partial charge in [0.1, 0.15) is 11.6 Å². The number of benzene rings is 1. The van der Waals surface area contributed by atoms with Crippen LogP contribution in [0, 0.1) is 11.6 Å². The van der Waals surface area contributed by atoms with Crippen LogP contribution in [0.3, 0.4) is 0 Å². The fourth-order valence-electron chi connectivity index (χ4n) is 1.66. The summed E-state index contributed by atoms with van der Waals surface area (Å²) >= 11 is 3.29. The topological polar surface area (TPSA) is 24.9 Å². The normalized spacial score (nSPS) is 12.2. The maximum atomic E-state index is 13.7. The Morgan fingerprint density at radius 2 is 2.00 bits per heavy atom. The molecule has 1 N–H and O–H groups in total. The molecular formula is C13H11BrF2N2. The summed E-state index contributed by atoms with van der Waals surface area (Å²) in [5.41, 5.74) is 1.02. The van der Waals surface area contributed by atoms with E-state index in [1.807, 2.05) is 0 Å². The lowest BCUT2D eigenvalue weighted by atomic mass is 10.1. The van der Waals surface area contributed by atoms with E-state index in [4.69, 9.17) is 0 Å². The summed E-state index contributed by atoms with van der Waals surface area (Å²) < 4.78 is 27.4. The van der Waals surface area contributed by atoms with E-state index in [0.29, 0.717) is 11.3 Å². The summed E-state index contributed by atoms with van der Waals surface area (Å²) in [4.78, 5) is 3.73. The zero-order chi connectivity index (χ0) is 13.1. The first-order valence-corrected chi connectivity index (χ1v) is 6.17. The standard InChI is InChI=1S/C13H11BrF2N2/c1-8(12-4-9(14)2-3-13(12)16)18-11-5-10(15)6-17-7-11/h2-8,18H,1H3. The number of hydrogen-bond acceptors (Lipinski definition) is 2. The first-order valence-electron chi connectivity index (χ1n) is 5.38. The van der Waals surface area contributed by atoms with Gasteiger partial charge in [-0.05, 0) is 25.1 Å². The number of nitrogens with one attached hydrogen (secondary N) is 1. The molecule has 0 aliphatic carbocycles. The monoisotopic (exact) mass is 312 g/mol. The molecule has 0 fully saturated rings. The van der Waals surface area contributed by atoms with Crippen LogP contribution in [-0.2, 0) is 0 Å². The van der Waals surface area contributed by atoms with Crippen LogP contribution >= 0.6 is 15.9 Å². The number of aromatic nitrogens is 1. The number of halogens is 3. The lowest BCUT2D eigenvalue weighted by Crippen LogP contribution is -2.09. The molecule has 94 valence electrons. The summed E-state index contributed by atoms with van der Waals surface area (Å²) in [6, 6.07) is 5.75. The molecule has 1 atom stereocenters. The van der Waals surface area contributed by atoms with Crippen molar-refractivity contribution in [1.29, 1.82) is 0 Å². The fraction of sp³-hybridized carbons (Fsp3) is 0.154. The Morgan fingerprint density at radius 3 is 2.72 bits per heavy atom.